The fourth-order valence-corrected chi connectivity index (χ4v) is 3.08. The molecule has 0 aliphatic heterocycles. The van der Waals surface area contributed by atoms with Gasteiger partial charge in [-0.1, -0.05) is 11.6 Å². The van der Waals surface area contributed by atoms with Gasteiger partial charge < -0.3 is 9.47 Å². The Morgan fingerprint density at radius 1 is 1.19 bits per heavy atom. The number of carbonyl (C=O) groups is 1. The quantitative estimate of drug-likeness (QED) is 0.645. The second-order valence-electron chi connectivity index (χ2n) is 5.34. The molecule has 0 unspecified atom stereocenters. The molecule has 0 aliphatic rings. The summed E-state index contributed by atoms with van der Waals surface area (Å²) < 4.78 is 48.1. The molecule has 0 heterocycles. The third kappa shape index (κ3) is 5.81. The number of sulfonamides is 1. The highest BCUT2D eigenvalue weighted by Gasteiger charge is 2.20. The van der Waals surface area contributed by atoms with E-state index in [1.807, 2.05) is 17.2 Å². The Bertz CT molecular complexity index is 906. The van der Waals surface area contributed by atoms with Crippen molar-refractivity contribution in [3.05, 3.63) is 53.3 Å². The Hall–Kier alpha value is -2.36. The van der Waals surface area contributed by atoms with Crippen LogP contribution in [-0.2, 0) is 14.8 Å². The molecular weight excluding hydrogens is 399 g/mol. The maximum Gasteiger partial charge on any atom is 0.275 e. The summed E-state index contributed by atoms with van der Waals surface area (Å²) in [5, 5.41) is -0.351. The zero-order valence-electron chi connectivity index (χ0n) is 14.5. The van der Waals surface area contributed by atoms with Gasteiger partial charge in [-0.2, -0.15) is 0 Å². The van der Waals surface area contributed by atoms with E-state index in [4.69, 9.17) is 21.1 Å². The minimum Gasteiger partial charge on any atom is -0.494 e. The van der Waals surface area contributed by atoms with E-state index in [-0.39, 0.29) is 9.92 Å². The summed E-state index contributed by atoms with van der Waals surface area (Å²) in [6.07, 6.45) is -0.984. The maximum absolute atomic E-state index is 13.1. The van der Waals surface area contributed by atoms with Crippen molar-refractivity contribution in [1.29, 1.82) is 0 Å². The minimum absolute atomic E-state index is 0.297. The number of ether oxygens (including phenoxy) is 2. The van der Waals surface area contributed by atoms with Crippen LogP contribution in [0.4, 0.5) is 4.39 Å². The van der Waals surface area contributed by atoms with Crippen molar-refractivity contribution in [3.8, 4) is 11.5 Å². The fourth-order valence-electron chi connectivity index (χ4n) is 1.96. The van der Waals surface area contributed by atoms with Gasteiger partial charge >= 0.3 is 0 Å². The van der Waals surface area contributed by atoms with Gasteiger partial charge in [0, 0.05) is 0 Å². The molecule has 0 saturated heterocycles. The lowest BCUT2D eigenvalue weighted by Gasteiger charge is -2.15. The van der Waals surface area contributed by atoms with Crippen molar-refractivity contribution >= 4 is 27.5 Å². The van der Waals surface area contributed by atoms with Crippen molar-refractivity contribution < 1.29 is 27.1 Å². The van der Waals surface area contributed by atoms with Crippen LogP contribution in [0.3, 0.4) is 0 Å². The first-order valence-corrected chi connectivity index (χ1v) is 9.75. The van der Waals surface area contributed by atoms with Gasteiger partial charge in [-0.3, -0.25) is 10.2 Å². The van der Waals surface area contributed by atoms with Gasteiger partial charge in [-0.15, -0.1) is 4.83 Å². The number of hydrogen-bond acceptors (Lipinski definition) is 5. The normalized spacial score (nSPS) is 12.3. The molecule has 7 nitrogen and oxygen atoms in total. The predicted molar refractivity (Wildman–Crippen MR) is 97.6 cm³/mol. The number of nitrogens with one attached hydrogen (secondary N) is 2. The lowest BCUT2D eigenvalue weighted by Crippen LogP contribution is -2.47. The van der Waals surface area contributed by atoms with Crippen LogP contribution in [0.2, 0.25) is 5.02 Å². The van der Waals surface area contributed by atoms with Gasteiger partial charge in [-0.05, 0) is 56.3 Å². The lowest BCUT2D eigenvalue weighted by atomic mass is 10.3. The summed E-state index contributed by atoms with van der Waals surface area (Å²) in [4.78, 5) is 13.7. The molecule has 0 spiro atoms. The number of benzene rings is 2. The van der Waals surface area contributed by atoms with Crippen LogP contribution in [0, 0.1) is 5.82 Å². The number of halogens is 2. The van der Waals surface area contributed by atoms with E-state index in [0.717, 1.165) is 18.2 Å². The van der Waals surface area contributed by atoms with Crippen LogP contribution in [0.25, 0.3) is 0 Å². The largest absolute Gasteiger partial charge is 0.494 e. The number of amides is 1. The number of hydrogen-bond donors (Lipinski definition) is 2. The molecule has 2 rings (SSSR count). The van der Waals surface area contributed by atoms with Crippen molar-refractivity contribution in [2.45, 2.75) is 24.8 Å². The average molecular weight is 417 g/mol. The summed E-state index contributed by atoms with van der Waals surface area (Å²) in [6, 6.07) is 9.49. The first-order chi connectivity index (χ1) is 12.7. The molecule has 1 atom stereocenters. The summed E-state index contributed by atoms with van der Waals surface area (Å²) in [5.41, 5.74) is 2.04. The zero-order valence-corrected chi connectivity index (χ0v) is 16.1. The van der Waals surface area contributed by atoms with Gasteiger partial charge in [0.15, 0.2) is 6.10 Å². The van der Waals surface area contributed by atoms with E-state index >= 15 is 0 Å². The van der Waals surface area contributed by atoms with Gasteiger partial charge in [0.25, 0.3) is 15.9 Å². The van der Waals surface area contributed by atoms with Crippen LogP contribution < -0.4 is 19.7 Å². The molecule has 1 amide bonds. The molecule has 2 aromatic rings. The van der Waals surface area contributed by atoms with Crippen molar-refractivity contribution in [3.63, 3.8) is 0 Å². The molecule has 2 aromatic carbocycles. The van der Waals surface area contributed by atoms with E-state index in [9.17, 15) is 17.6 Å². The molecule has 0 bridgehead atoms. The number of hydrazine groups is 1. The van der Waals surface area contributed by atoms with E-state index in [0.29, 0.717) is 18.1 Å². The molecule has 0 radical (unpaired) electrons. The van der Waals surface area contributed by atoms with Crippen LogP contribution in [0.15, 0.2) is 47.4 Å². The highest BCUT2D eigenvalue weighted by atomic mass is 35.5. The van der Waals surface area contributed by atoms with Crippen molar-refractivity contribution in [2.75, 3.05) is 6.61 Å². The molecule has 0 saturated carbocycles. The maximum atomic E-state index is 13.1. The third-order valence-corrected chi connectivity index (χ3v) is 4.86. The van der Waals surface area contributed by atoms with Gasteiger partial charge in [-0.25, -0.2) is 12.8 Å². The Kier molecular flexibility index (Phi) is 7.00. The Balaban J connectivity index is 1.94. The summed E-state index contributed by atoms with van der Waals surface area (Å²) in [5.74, 6) is -0.403. The Morgan fingerprint density at radius 2 is 1.81 bits per heavy atom. The summed E-state index contributed by atoms with van der Waals surface area (Å²) in [7, 11) is -4.12. The topological polar surface area (TPSA) is 93.7 Å². The van der Waals surface area contributed by atoms with Crippen molar-refractivity contribution in [2.24, 2.45) is 0 Å². The standard InChI is InChI=1S/C17H18ClFN2O5S/c1-3-25-12-4-6-13(7-5-12)26-11(2)17(22)20-21-27(23,24)14-8-9-16(19)15(18)10-14/h4-11,21H,3H2,1-2H3,(H,20,22)/t11-/m0/s1. The Labute approximate surface area is 161 Å². The fraction of sp³-hybridized carbons (Fsp3) is 0.235. The van der Waals surface area contributed by atoms with Crippen LogP contribution in [0.5, 0.6) is 11.5 Å². The van der Waals surface area contributed by atoms with E-state index < -0.39 is 27.9 Å². The zero-order chi connectivity index (χ0) is 20.0. The molecule has 146 valence electrons. The summed E-state index contributed by atoms with van der Waals surface area (Å²) >= 11 is 5.57. The minimum atomic E-state index is -4.12. The Morgan fingerprint density at radius 3 is 2.41 bits per heavy atom. The van der Waals surface area contributed by atoms with Gasteiger partial charge in [0.2, 0.25) is 0 Å². The average Bonchev–Trinajstić information content (AvgIpc) is 2.63. The predicted octanol–water partition coefficient (Wildman–Crippen LogP) is 2.65. The molecular formula is C17H18ClFN2O5S. The van der Waals surface area contributed by atoms with E-state index in [2.05, 4.69) is 0 Å². The summed E-state index contributed by atoms with van der Waals surface area (Å²) in [6.45, 7) is 3.84. The molecule has 0 fully saturated rings. The first kappa shape index (κ1) is 20.9. The lowest BCUT2D eigenvalue weighted by molar-refractivity contribution is -0.127. The molecule has 10 heteroatoms. The van der Waals surface area contributed by atoms with E-state index in [1.165, 1.54) is 6.92 Å². The van der Waals surface area contributed by atoms with Gasteiger partial charge in [0.1, 0.15) is 17.3 Å². The van der Waals surface area contributed by atoms with Crippen molar-refractivity contribution in [1.82, 2.24) is 10.3 Å². The second kappa shape index (κ2) is 9.03. The number of carbonyl (C=O) groups excluding carboxylic acids is 1. The highest BCUT2D eigenvalue weighted by molar-refractivity contribution is 7.89. The van der Waals surface area contributed by atoms with E-state index in [1.54, 1.807) is 24.3 Å². The molecule has 0 aromatic heterocycles. The van der Waals surface area contributed by atoms with Crippen LogP contribution in [0.1, 0.15) is 13.8 Å². The molecule has 27 heavy (non-hydrogen) atoms. The van der Waals surface area contributed by atoms with Crippen LogP contribution in [-0.4, -0.2) is 27.0 Å². The second-order valence-corrected chi connectivity index (χ2v) is 7.42. The number of rotatable bonds is 8. The molecule has 0 aliphatic carbocycles. The first-order valence-electron chi connectivity index (χ1n) is 7.89. The van der Waals surface area contributed by atoms with Gasteiger partial charge in [0.05, 0.1) is 16.5 Å². The molecule has 2 N–H and O–H groups in total. The SMILES string of the molecule is CCOc1ccc(O[C@@H](C)C(=O)NNS(=O)(=O)c2ccc(F)c(Cl)c2)cc1. The highest BCUT2D eigenvalue weighted by Crippen LogP contribution is 2.20. The van der Waals surface area contributed by atoms with Crippen LogP contribution >= 0.6 is 11.6 Å². The third-order valence-electron chi connectivity index (χ3n) is 3.33. The monoisotopic (exact) mass is 416 g/mol. The smallest absolute Gasteiger partial charge is 0.275 e.